The zero-order chi connectivity index (χ0) is 22.0. The van der Waals surface area contributed by atoms with E-state index in [1.807, 2.05) is 29.3 Å². The van der Waals surface area contributed by atoms with Gasteiger partial charge in [-0.2, -0.15) is 0 Å². The molecule has 0 bridgehead atoms. The zero-order valence-electron chi connectivity index (χ0n) is 18.4. The van der Waals surface area contributed by atoms with E-state index in [1.54, 1.807) is 6.92 Å². The first-order chi connectivity index (χ1) is 14.9. The van der Waals surface area contributed by atoms with Crippen molar-refractivity contribution in [2.45, 2.75) is 32.7 Å². The van der Waals surface area contributed by atoms with Gasteiger partial charge in [-0.1, -0.05) is 32.0 Å². The van der Waals surface area contributed by atoms with Gasteiger partial charge in [0.05, 0.1) is 11.6 Å². The van der Waals surface area contributed by atoms with E-state index >= 15 is 0 Å². The Kier molecular flexibility index (Phi) is 6.04. The number of benzene rings is 2. The number of amides is 1. The number of aromatic nitrogens is 2. The van der Waals surface area contributed by atoms with Crippen LogP contribution in [0.15, 0.2) is 48.7 Å². The van der Waals surface area contributed by atoms with Crippen LogP contribution in [0.2, 0.25) is 0 Å². The van der Waals surface area contributed by atoms with Crippen LogP contribution in [-0.2, 0) is 4.79 Å². The van der Waals surface area contributed by atoms with Gasteiger partial charge in [-0.15, -0.1) is 0 Å². The molecule has 0 aliphatic carbocycles. The van der Waals surface area contributed by atoms with E-state index in [0.717, 1.165) is 35.4 Å². The number of anilines is 3. The van der Waals surface area contributed by atoms with E-state index in [4.69, 9.17) is 10.7 Å². The van der Waals surface area contributed by atoms with Gasteiger partial charge in [0.2, 0.25) is 11.9 Å². The van der Waals surface area contributed by atoms with Crippen molar-refractivity contribution in [3.05, 3.63) is 54.2 Å². The van der Waals surface area contributed by atoms with Crippen LogP contribution < -0.4 is 16.0 Å². The highest BCUT2D eigenvalue weighted by atomic mass is 16.2. The Morgan fingerprint density at radius 2 is 1.74 bits per heavy atom. The van der Waals surface area contributed by atoms with Gasteiger partial charge < -0.3 is 20.9 Å². The summed E-state index contributed by atoms with van der Waals surface area (Å²) in [5, 5.41) is 4.37. The Labute approximate surface area is 183 Å². The molecule has 1 saturated heterocycles. The summed E-state index contributed by atoms with van der Waals surface area (Å²) in [4.78, 5) is 25.4. The molecule has 1 atom stereocenters. The summed E-state index contributed by atoms with van der Waals surface area (Å²) in [6, 6.07) is 14.0. The van der Waals surface area contributed by atoms with Crippen LogP contribution in [0.25, 0.3) is 10.9 Å². The normalized spacial score (nSPS) is 15.4. The molecule has 0 spiro atoms. The van der Waals surface area contributed by atoms with Crippen molar-refractivity contribution in [3.8, 4) is 0 Å². The van der Waals surface area contributed by atoms with Crippen LogP contribution in [-0.4, -0.2) is 53.0 Å². The molecule has 162 valence electrons. The fraction of sp³-hybridized carbons (Fsp3) is 0.375. The molecule has 31 heavy (non-hydrogen) atoms. The number of nitrogens with zero attached hydrogens (tertiary/aromatic N) is 4. The summed E-state index contributed by atoms with van der Waals surface area (Å²) < 4.78 is 0. The highest BCUT2D eigenvalue weighted by Crippen LogP contribution is 2.26. The van der Waals surface area contributed by atoms with Gasteiger partial charge in [-0.05, 0) is 42.7 Å². The summed E-state index contributed by atoms with van der Waals surface area (Å²) in [6.45, 7) is 9.09. The van der Waals surface area contributed by atoms with Crippen molar-refractivity contribution < 1.29 is 4.79 Å². The number of fused-ring (bicyclic) bond motifs is 1. The summed E-state index contributed by atoms with van der Waals surface area (Å²) in [6.07, 6.45) is 1.87. The molecule has 2 heterocycles. The topological polar surface area (TPSA) is 87.4 Å². The Hall–Kier alpha value is -3.19. The lowest BCUT2D eigenvalue weighted by molar-refractivity contribution is -0.132. The average Bonchev–Trinajstić information content (AvgIpc) is 2.78. The second kappa shape index (κ2) is 8.89. The second-order valence-corrected chi connectivity index (χ2v) is 8.41. The number of carbonyl (C=O) groups excluding carboxylic acids is 1. The maximum absolute atomic E-state index is 12.1. The van der Waals surface area contributed by atoms with E-state index < -0.39 is 6.04 Å². The third-order valence-corrected chi connectivity index (χ3v) is 5.73. The summed E-state index contributed by atoms with van der Waals surface area (Å²) in [5.41, 5.74) is 10.0. The number of hydrogen-bond donors (Lipinski definition) is 2. The van der Waals surface area contributed by atoms with Gasteiger partial charge in [0.25, 0.3) is 0 Å². The molecule has 1 aliphatic rings. The monoisotopic (exact) mass is 418 g/mol. The third-order valence-electron chi connectivity index (χ3n) is 5.73. The van der Waals surface area contributed by atoms with Gasteiger partial charge >= 0.3 is 0 Å². The van der Waals surface area contributed by atoms with Crippen LogP contribution in [0.3, 0.4) is 0 Å². The van der Waals surface area contributed by atoms with Gasteiger partial charge in [0.15, 0.2) is 0 Å². The van der Waals surface area contributed by atoms with E-state index in [-0.39, 0.29) is 5.91 Å². The smallest absolute Gasteiger partial charge is 0.239 e. The standard InChI is InChI=1S/C24H30N6O/c1-16(2)21-6-4-5-18-15-26-24(28-22(18)21)27-19-7-9-20(10-8-19)29-11-13-30(14-12-29)23(31)17(3)25/h4-10,15-17H,11-14,25H2,1-3H3,(H,26,27,28). The summed E-state index contributed by atoms with van der Waals surface area (Å²) >= 11 is 0. The van der Waals surface area contributed by atoms with E-state index in [0.29, 0.717) is 25.0 Å². The highest BCUT2D eigenvalue weighted by molar-refractivity contribution is 5.83. The highest BCUT2D eigenvalue weighted by Gasteiger charge is 2.23. The van der Waals surface area contributed by atoms with Crippen molar-refractivity contribution in [3.63, 3.8) is 0 Å². The minimum absolute atomic E-state index is 0.0233. The number of rotatable bonds is 5. The number of hydrogen-bond acceptors (Lipinski definition) is 6. The van der Waals surface area contributed by atoms with Crippen LogP contribution >= 0.6 is 0 Å². The minimum atomic E-state index is -0.439. The molecule has 3 N–H and O–H groups in total. The number of carbonyl (C=O) groups is 1. The van der Waals surface area contributed by atoms with Crippen molar-refractivity contribution >= 4 is 34.1 Å². The lowest BCUT2D eigenvalue weighted by atomic mass is 10.0. The molecule has 0 radical (unpaired) electrons. The largest absolute Gasteiger partial charge is 0.368 e. The van der Waals surface area contributed by atoms with Gasteiger partial charge in [0.1, 0.15) is 0 Å². The second-order valence-electron chi connectivity index (χ2n) is 8.41. The van der Waals surface area contributed by atoms with Crippen LogP contribution in [0.4, 0.5) is 17.3 Å². The molecule has 7 heteroatoms. The molecule has 1 aliphatic heterocycles. The molecule has 1 amide bonds. The quantitative estimate of drug-likeness (QED) is 0.660. The van der Waals surface area contributed by atoms with Crippen molar-refractivity contribution in [2.75, 3.05) is 36.4 Å². The predicted octanol–water partition coefficient (Wildman–Crippen LogP) is 3.49. The molecule has 4 rings (SSSR count). The number of nitrogens with one attached hydrogen (secondary N) is 1. The SMILES string of the molecule is CC(N)C(=O)N1CCN(c2ccc(Nc3ncc4cccc(C(C)C)c4n3)cc2)CC1. The van der Waals surface area contributed by atoms with Crippen LogP contribution in [0, 0.1) is 0 Å². The van der Waals surface area contributed by atoms with Crippen LogP contribution in [0.5, 0.6) is 0 Å². The molecular weight excluding hydrogens is 388 g/mol. The maximum atomic E-state index is 12.1. The third kappa shape index (κ3) is 4.61. The molecule has 1 fully saturated rings. The first-order valence-electron chi connectivity index (χ1n) is 10.8. The molecular formula is C24H30N6O. The summed E-state index contributed by atoms with van der Waals surface area (Å²) in [7, 11) is 0. The lowest BCUT2D eigenvalue weighted by Crippen LogP contribution is -2.52. The maximum Gasteiger partial charge on any atom is 0.239 e. The zero-order valence-corrected chi connectivity index (χ0v) is 18.4. The van der Waals surface area contributed by atoms with Crippen molar-refractivity contribution in [1.82, 2.24) is 14.9 Å². The molecule has 7 nitrogen and oxygen atoms in total. The predicted molar refractivity (Wildman–Crippen MR) is 126 cm³/mol. The van der Waals surface area contributed by atoms with Crippen molar-refractivity contribution in [2.24, 2.45) is 5.73 Å². The molecule has 1 unspecified atom stereocenters. The van der Waals surface area contributed by atoms with Gasteiger partial charge in [0, 0.05) is 49.1 Å². The Balaban J connectivity index is 1.44. The first-order valence-corrected chi connectivity index (χ1v) is 10.8. The Bertz CT molecular complexity index is 1060. The fourth-order valence-electron chi connectivity index (χ4n) is 3.96. The Morgan fingerprint density at radius 3 is 2.39 bits per heavy atom. The van der Waals surface area contributed by atoms with Crippen molar-refractivity contribution in [1.29, 1.82) is 0 Å². The van der Waals surface area contributed by atoms with Gasteiger partial charge in [-0.3, -0.25) is 4.79 Å². The van der Waals surface area contributed by atoms with E-state index in [2.05, 4.69) is 53.3 Å². The fourth-order valence-corrected chi connectivity index (χ4v) is 3.96. The number of para-hydroxylation sites is 1. The number of nitrogens with two attached hydrogens (primary N) is 1. The summed E-state index contributed by atoms with van der Waals surface area (Å²) in [5.74, 6) is 1.01. The molecule has 1 aromatic heterocycles. The molecule has 0 saturated carbocycles. The van der Waals surface area contributed by atoms with E-state index in [1.165, 1.54) is 5.56 Å². The minimum Gasteiger partial charge on any atom is -0.368 e. The lowest BCUT2D eigenvalue weighted by Gasteiger charge is -2.36. The first kappa shape index (κ1) is 21.1. The van der Waals surface area contributed by atoms with Crippen LogP contribution in [0.1, 0.15) is 32.3 Å². The van der Waals surface area contributed by atoms with Gasteiger partial charge in [-0.25, -0.2) is 9.97 Å². The average molecular weight is 419 g/mol. The molecule has 3 aromatic rings. The Morgan fingerprint density at radius 1 is 1.03 bits per heavy atom. The van der Waals surface area contributed by atoms with E-state index in [9.17, 15) is 4.79 Å². The number of piperazine rings is 1. The molecule has 2 aromatic carbocycles.